The molecule has 4 atom stereocenters. The van der Waals surface area contributed by atoms with E-state index < -0.39 is 20.0 Å². The highest BCUT2D eigenvalue weighted by Crippen LogP contribution is 2.43. The van der Waals surface area contributed by atoms with Gasteiger partial charge in [0.2, 0.25) is 5.91 Å². The Balaban J connectivity index is 4.62. The van der Waals surface area contributed by atoms with Crippen LogP contribution in [0, 0.1) is 0 Å². The molecule has 0 rings (SSSR count). The molecule has 4 N–H and O–H groups in total. The average Bonchev–Trinajstić information content (AvgIpc) is 3.09. The van der Waals surface area contributed by atoms with Gasteiger partial charge in [0, 0.05) is 6.42 Å². The lowest BCUT2D eigenvalue weighted by molar-refractivity contribution is -0.870. The van der Waals surface area contributed by atoms with Crippen molar-refractivity contribution in [2.45, 2.75) is 167 Å². The average molecular weight is 768 g/mol. The van der Waals surface area contributed by atoms with Crippen LogP contribution in [0.2, 0.25) is 0 Å². The lowest BCUT2D eigenvalue weighted by Gasteiger charge is -2.25. The predicted octanol–water partition coefficient (Wildman–Crippen LogP) is 10.0. The van der Waals surface area contributed by atoms with Crippen LogP contribution in [-0.4, -0.2) is 84.6 Å². The Morgan fingerprint density at radius 2 is 1.23 bits per heavy atom. The highest BCUT2D eigenvalue weighted by Gasteiger charge is 2.27. The number of phosphoric ester groups is 1. The molecule has 0 heterocycles. The van der Waals surface area contributed by atoms with E-state index in [4.69, 9.17) is 9.05 Å². The fraction of sp³-hybridized carbons (Fsp3) is 0.744. The largest absolute Gasteiger partial charge is 0.472 e. The lowest BCUT2D eigenvalue weighted by atomic mass is 10.0. The van der Waals surface area contributed by atoms with Gasteiger partial charge >= 0.3 is 7.82 Å². The normalized spacial score (nSPS) is 15.7. The van der Waals surface area contributed by atoms with Crippen molar-refractivity contribution < 1.29 is 38.0 Å². The minimum Gasteiger partial charge on any atom is -0.393 e. The van der Waals surface area contributed by atoms with Crippen molar-refractivity contribution in [1.29, 1.82) is 0 Å². The number of carbonyl (C=O) groups is 1. The van der Waals surface area contributed by atoms with Crippen molar-refractivity contribution >= 4 is 13.7 Å². The molecule has 0 saturated carbocycles. The lowest BCUT2D eigenvalue weighted by Crippen LogP contribution is -2.45. The van der Waals surface area contributed by atoms with Crippen LogP contribution in [-0.2, 0) is 18.4 Å². The number of hydrogen-bond acceptors (Lipinski definition) is 6. The van der Waals surface area contributed by atoms with E-state index in [1.807, 2.05) is 33.3 Å². The van der Waals surface area contributed by atoms with Crippen LogP contribution in [0.3, 0.4) is 0 Å². The van der Waals surface area contributed by atoms with E-state index >= 15 is 0 Å². The third-order valence-electron chi connectivity index (χ3n) is 8.79. The molecule has 0 aromatic heterocycles. The van der Waals surface area contributed by atoms with Crippen LogP contribution >= 0.6 is 7.82 Å². The molecule has 2 unspecified atom stereocenters. The first-order valence-electron chi connectivity index (χ1n) is 20.7. The van der Waals surface area contributed by atoms with E-state index in [0.29, 0.717) is 17.4 Å². The summed E-state index contributed by atoms with van der Waals surface area (Å²) in [5, 5.41) is 23.5. The molecule has 53 heavy (non-hydrogen) atoms. The molecular formula is C43H80N2O7P+. The minimum absolute atomic E-state index is 0.0419. The first kappa shape index (κ1) is 51.2. The summed E-state index contributed by atoms with van der Waals surface area (Å²) in [6, 6.07) is -0.886. The highest BCUT2D eigenvalue weighted by molar-refractivity contribution is 7.47. The molecule has 0 saturated heterocycles. The van der Waals surface area contributed by atoms with Gasteiger partial charge in [0.05, 0.1) is 46.0 Å². The van der Waals surface area contributed by atoms with Crippen molar-refractivity contribution in [2.24, 2.45) is 0 Å². The van der Waals surface area contributed by atoms with E-state index in [1.165, 1.54) is 57.8 Å². The summed E-state index contributed by atoms with van der Waals surface area (Å²) in [5.41, 5.74) is 0. The van der Waals surface area contributed by atoms with E-state index in [-0.39, 0.29) is 31.6 Å². The molecule has 0 aromatic rings. The summed E-state index contributed by atoms with van der Waals surface area (Å²) >= 11 is 0. The van der Waals surface area contributed by atoms with E-state index in [9.17, 15) is 24.5 Å². The Hall–Kier alpha value is -1.84. The number of hydrogen-bond donors (Lipinski definition) is 4. The van der Waals surface area contributed by atoms with Crippen molar-refractivity contribution in [3.63, 3.8) is 0 Å². The van der Waals surface area contributed by atoms with Gasteiger partial charge in [-0.2, -0.15) is 0 Å². The summed E-state index contributed by atoms with van der Waals surface area (Å²) < 4.78 is 23.4. The Bertz CT molecular complexity index is 1070. The highest BCUT2D eigenvalue weighted by atomic mass is 31.2. The number of phosphoric acid groups is 1. The molecule has 0 aliphatic rings. The second-order valence-electron chi connectivity index (χ2n) is 15.2. The summed E-state index contributed by atoms with van der Waals surface area (Å²) in [6.45, 7) is 4.53. The van der Waals surface area contributed by atoms with Gasteiger partial charge in [-0.05, 0) is 57.8 Å². The number of quaternary nitrogens is 1. The van der Waals surface area contributed by atoms with E-state index in [2.05, 4.69) is 61.7 Å². The molecule has 0 bridgehead atoms. The molecule has 0 aromatic carbocycles. The van der Waals surface area contributed by atoms with Gasteiger partial charge in [-0.1, -0.05) is 145 Å². The van der Waals surface area contributed by atoms with Crippen molar-refractivity contribution in [2.75, 3.05) is 40.9 Å². The number of unbranched alkanes of at least 4 members (excludes halogenated alkanes) is 12. The van der Waals surface area contributed by atoms with Gasteiger partial charge in [-0.25, -0.2) is 4.57 Å². The third kappa shape index (κ3) is 36.9. The first-order chi connectivity index (χ1) is 25.4. The fourth-order valence-electron chi connectivity index (χ4n) is 5.46. The predicted molar refractivity (Wildman–Crippen MR) is 223 cm³/mol. The Labute approximate surface area is 324 Å². The number of aliphatic hydroxyl groups is 2. The number of amides is 1. The zero-order valence-corrected chi connectivity index (χ0v) is 35.2. The zero-order valence-electron chi connectivity index (χ0n) is 34.3. The number of rotatable bonds is 36. The van der Waals surface area contributed by atoms with Crippen LogP contribution in [0.1, 0.15) is 149 Å². The van der Waals surface area contributed by atoms with Gasteiger partial charge in [0.1, 0.15) is 13.2 Å². The second-order valence-corrected chi connectivity index (χ2v) is 16.6. The molecule has 0 aliphatic carbocycles. The standard InChI is InChI=1S/C43H79N2O7P/c1-6-8-9-10-11-12-13-15-19-22-25-28-31-35-42(47)41(39-52-53(49,50)51-38-37-45(3,4)5)44-43(48)36-32-29-26-23-20-17-14-16-18-21-24-27-30-34-40(46)33-7-2/h14,17-18,21,23,26-27,30-31,35,40-42,46-47H,6-13,15-16,19-20,22,24-25,28-29,32-34,36-39H2,1-5H3,(H-,44,48,49,50)/p+1/b17-14-,21-18-,26-23-,30-27-,35-31+/t40?,41-,42+/m0/s1. The van der Waals surface area contributed by atoms with E-state index in [0.717, 1.165) is 64.2 Å². The molecule has 9 nitrogen and oxygen atoms in total. The summed E-state index contributed by atoms with van der Waals surface area (Å²) in [6.07, 6.45) is 40.6. The maximum Gasteiger partial charge on any atom is 0.472 e. The maximum atomic E-state index is 12.8. The first-order valence-corrected chi connectivity index (χ1v) is 22.2. The summed E-state index contributed by atoms with van der Waals surface area (Å²) in [4.78, 5) is 23.0. The van der Waals surface area contributed by atoms with Crippen molar-refractivity contribution in [3.05, 3.63) is 60.8 Å². The SMILES string of the molecule is CCCCCCCCCCCCC/C=C/[C@@H](O)[C@H](COP(=O)(O)OCC[N+](C)(C)C)NC(=O)CCC/C=C\C/C=C\C/C=C\C/C=C\CC(O)CCC. The molecule has 0 fully saturated rings. The Morgan fingerprint density at radius 1 is 0.698 bits per heavy atom. The molecule has 0 aliphatic heterocycles. The van der Waals surface area contributed by atoms with Gasteiger partial charge < -0.3 is 24.9 Å². The van der Waals surface area contributed by atoms with Gasteiger partial charge in [0.25, 0.3) is 0 Å². The van der Waals surface area contributed by atoms with E-state index in [1.54, 1.807) is 6.08 Å². The maximum absolute atomic E-state index is 12.8. The van der Waals surface area contributed by atoms with Crippen molar-refractivity contribution in [1.82, 2.24) is 5.32 Å². The molecule has 1 amide bonds. The minimum atomic E-state index is -4.36. The molecule has 0 spiro atoms. The van der Waals surface area contributed by atoms with Gasteiger partial charge in [0.15, 0.2) is 0 Å². The topological polar surface area (TPSA) is 125 Å². The smallest absolute Gasteiger partial charge is 0.393 e. The van der Waals surface area contributed by atoms with Crippen molar-refractivity contribution in [3.8, 4) is 0 Å². The number of allylic oxidation sites excluding steroid dienone is 8. The number of aliphatic hydroxyl groups excluding tert-OH is 2. The molecule has 308 valence electrons. The number of likely N-dealkylation sites (N-methyl/N-ethyl adjacent to an activating group) is 1. The number of carbonyl (C=O) groups excluding carboxylic acids is 1. The third-order valence-corrected chi connectivity index (χ3v) is 9.77. The van der Waals surface area contributed by atoms with Gasteiger partial charge in [-0.15, -0.1) is 0 Å². The summed E-state index contributed by atoms with van der Waals surface area (Å²) in [5.74, 6) is -0.248. The Kier molecular flexibility index (Phi) is 33.4. The molecule has 0 radical (unpaired) electrons. The quantitative estimate of drug-likeness (QED) is 0.0217. The van der Waals surface area contributed by atoms with Crippen LogP contribution in [0.15, 0.2) is 60.8 Å². The zero-order chi connectivity index (χ0) is 39.5. The van der Waals surface area contributed by atoms with Crippen LogP contribution in [0.5, 0.6) is 0 Å². The summed E-state index contributed by atoms with van der Waals surface area (Å²) in [7, 11) is 1.50. The van der Waals surface area contributed by atoms with Crippen LogP contribution < -0.4 is 5.32 Å². The molecular weight excluding hydrogens is 687 g/mol. The molecule has 10 heteroatoms. The number of nitrogens with one attached hydrogen (secondary N) is 1. The Morgan fingerprint density at radius 3 is 1.79 bits per heavy atom. The van der Waals surface area contributed by atoms with Crippen LogP contribution in [0.4, 0.5) is 0 Å². The second kappa shape index (κ2) is 34.6. The van der Waals surface area contributed by atoms with Gasteiger partial charge in [-0.3, -0.25) is 13.8 Å². The fourth-order valence-corrected chi connectivity index (χ4v) is 6.19. The monoisotopic (exact) mass is 768 g/mol. The van der Waals surface area contributed by atoms with Crippen LogP contribution in [0.25, 0.3) is 0 Å². The number of nitrogens with zero attached hydrogens (tertiary/aromatic N) is 1.